The number of hydrogen-bond donors (Lipinski definition) is 2. The van der Waals surface area contributed by atoms with E-state index in [2.05, 4.69) is 6.92 Å². The van der Waals surface area contributed by atoms with E-state index in [0.29, 0.717) is 0 Å². The van der Waals surface area contributed by atoms with Crippen LogP contribution in [0.15, 0.2) is 30.3 Å². The molecule has 0 spiro atoms. The maximum atomic E-state index is 7.80. The molecule has 0 heterocycles. The number of nitrogens with zero attached hydrogens (tertiary/aromatic N) is 1. The van der Waals surface area contributed by atoms with E-state index in [1.807, 2.05) is 49.3 Å². The second kappa shape index (κ2) is 4.45. The van der Waals surface area contributed by atoms with Gasteiger partial charge in [-0.25, -0.2) is 0 Å². The lowest BCUT2D eigenvalue weighted by Crippen LogP contribution is -2.51. The largest absolute Gasteiger partial charge is 0.386 e. The summed E-state index contributed by atoms with van der Waals surface area (Å²) in [5.74, 6) is 0.196. The zero-order chi connectivity index (χ0) is 11.5. The van der Waals surface area contributed by atoms with Crippen molar-refractivity contribution in [2.75, 3.05) is 14.1 Å². The van der Waals surface area contributed by atoms with Crippen molar-refractivity contribution in [1.29, 1.82) is 5.41 Å². The minimum atomic E-state index is -0.471. The van der Waals surface area contributed by atoms with Gasteiger partial charge in [0.15, 0.2) is 0 Å². The summed E-state index contributed by atoms with van der Waals surface area (Å²) in [5, 5.41) is 7.80. The van der Waals surface area contributed by atoms with Gasteiger partial charge in [-0.1, -0.05) is 37.3 Å². The molecule has 3 heteroatoms. The smallest absolute Gasteiger partial charge is 0.116 e. The number of amidine groups is 1. The Balaban J connectivity index is 3.28. The van der Waals surface area contributed by atoms with E-state index >= 15 is 0 Å². The molecular formula is C12H19N3. The van der Waals surface area contributed by atoms with Crippen LogP contribution in [0.1, 0.15) is 18.9 Å². The maximum Gasteiger partial charge on any atom is 0.116 e. The predicted molar refractivity (Wildman–Crippen MR) is 64.0 cm³/mol. The van der Waals surface area contributed by atoms with Crippen LogP contribution in [0.4, 0.5) is 0 Å². The van der Waals surface area contributed by atoms with E-state index in [1.54, 1.807) is 0 Å². The third-order valence-electron chi connectivity index (χ3n) is 2.97. The molecule has 0 radical (unpaired) electrons. The van der Waals surface area contributed by atoms with Crippen LogP contribution in [-0.4, -0.2) is 24.8 Å². The highest BCUT2D eigenvalue weighted by molar-refractivity contribution is 5.88. The van der Waals surface area contributed by atoms with Crippen molar-refractivity contribution in [3.8, 4) is 0 Å². The van der Waals surface area contributed by atoms with E-state index in [0.717, 1.165) is 12.0 Å². The summed E-state index contributed by atoms with van der Waals surface area (Å²) in [6.45, 7) is 2.05. The lowest BCUT2D eigenvalue weighted by Gasteiger charge is -2.38. The molecule has 1 rings (SSSR count). The third-order valence-corrected chi connectivity index (χ3v) is 2.97. The minimum absolute atomic E-state index is 0.196. The predicted octanol–water partition coefficient (Wildman–Crippen LogP) is 1.79. The molecule has 0 saturated heterocycles. The molecule has 0 aliphatic carbocycles. The van der Waals surface area contributed by atoms with Crippen molar-refractivity contribution in [2.24, 2.45) is 5.73 Å². The highest BCUT2D eigenvalue weighted by Crippen LogP contribution is 2.29. The molecule has 0 bridgehead atoms. The fraction of sp³-hybridized carbons (Fsp3) is 0.417. The van der Waals surface area contributed by atoms with Gasteiger partial charge in [0.1, 0.15) is 11.4 Å². The molecular weight excluding hydrogens is 186 g/mol. The summed E-state index contributed by atoms with van der Waals surface area (Å²) in [6.07, 6.45) is 0.791. The second-order valence-corrected chi connectivity index (χ2v) is 3.89. The fourth-order valence-electron chi connectivity index (χ4n) is 2.08. The standard InChI is InChI=1S/C12H19N3/c1-4-12(11(13)14,15(2)3)10-8-6-5-7-9-10/h5-9H,4H2,1-3H3,(H3,13,14)/t12-/m1/s1. The molecule has 0 saturated carbocycles. The molecule has 0 unspecified atom stereocenters. The van der Waals surface area contributed by atoms with E-state index in [9.17, 15) is 0 Å². The topological polar surface area (TPSA) is 53.1 Å². The first-order valence-electron chi connectivity index (χ1n) is 5.13. The minimum Gasteiger partial charge on any atom is -0.386 e. The Morgan fingerprint density at radius 2 is 1.87 bits per heavy atom. The third kappa shape index (κ3) is 1.88. The number of nitrogens with one attached hydrogen (secondary N) is 1. The Hall–Kier alpha value is -1.35. The van der Waals surface area contributed by atoms with Gasteiger partial charge >= 0.3 is 0 Å². The normalized spacial score (nSPS) is 14.9. The first kappa shape index (κ1) is 11.7. The Morgan fingerprint density at radius 1 is 1.33 bits per heavy atom. The first-order chi connectivity index (χ1) is 7.05. The van der Waals surface area contributed by atoms with Crippen LogP contribution < -0.4 is 5.73 Å². The molecule has 0 aromatic heterocycles. The second-order valence-electron chi connectivity index (χ2n) is 3.89. The molecule has 82 valence electrons. The van der Waals surface area contributed by atoms with Gasteiger partial charge in [0, 0.05) is 0 Å². The lowest BCUT2D eigenvalue weighted by molar-refractivity contribution is 0.222. The SMILES string of the molecule is CC[C@](C(=N)N)(c1ccccc1)N(C)C. The van der Waals surface area contributed by atoms with Gasteiger partial charge in [-0.2, -0.15) is 0 Å². The molecule has 3 nitrogen and oxygen atoms in total. The van der Waals surface area contributed by atoms with Gasteiger partial charge in [-0.05, 0) is 26.1 Å². The fourth-order valence-corrected chi connectivity index (χ4v) is 2.08. The molecule has 0 aliphatic heterocycles. The van der Waals surface area contributed by atoms with Crippen LogP contribution in [0.5, 0.6) is 0 Å². The van der Waals surface area contributed by atoms with Crippen molar-refractivity contribution in [1.82, 2.24) is 4.90 Å². The molecule has 15 heavy (non-hydrogen) atoms. The van der Waals surface area contributed by atoms with Gasteiger partial charge in [0.2, 0.25) is 0 Å². The monoisotopic (exact) mass is 205 g/mol. The van der Waals surface area contributed by atoms with E-state index in [4.69, 9.17) is 11.1 Å². The Morgan fingerprint density at radius 3 is 2.20 bits per heavy atom. The van der Waals surface area contributed by atoms with Crippen LogP contribution in [0.25, 0.3) is 0 Å². The van der Waals surface area contributed by atoms with Gasteiger partial charge in [0.25, 0.3) is 0 Å². The lowest BCUT2D eigenvalue weighted by atomic mass is 9.85. The van der Waals surface area contributed by atoms with Crippen molar-refractivity contribution in [3.05, 3.63) is 35.9 Å². The van der Waals surface area contributed by atoms with Crippen LogP contribution >= 0.6 is 0 Å². The Bertz CT molecular complexity index is 332. The van der Waals surface area contributed by atoms with Crippen molar-refractivity contribution >= 4 is 5.84 Å². The maximum absolute atomic E-state index is 7.80. The first-order valence-corrected chi connectivity index (χ1v) is 5.13. The van der Waals surface area contributed by atoms with Crippen LogP contribution in [0, 0.1) is 5.41 Å². The molecule has 1 aromatic carbocycles. The molecule has 3 N–H and O–H groups in total. The van der Waals surface area contributed by atoms with Crippen molar-refractivity contribution in [2.45, 2.75) is 18.9 Å². The van der Waals surface area contributed by atoms with E-state index in [1.165, 1.54) is 0 Å². The van der Waals surface area contributed by atoms with Gasteiger partial charge in [0.05, 0.1) is 0 Å². The van der Waals surface area contributed by atoms with Crippen molar-refractivity contribution < 1.29 is 0 Å². The highest BCUT2D eigenvalue weighted by Gasteiger charge is 2.35. The molecule has 1 aromatic rings. The number of hydrogen-bond acceptors (Lipinski definition) is 2. The zero-order valence-electron chi connectivity index (χ0n) is 9.62. The highest BCUT2D eigenvalue weighted by atomic mass is 15.2. The van der Waals surface area contributed by atoms with Crippen LogP contribution in [0.3, 0.4) is 0 Å². The molecule has 0 aliphatic rings. The van der Waals surface area contributed by atoms with Crippen LogP contribution in [-0.2, 0) is 5.54 Å². The average Bonchev–Trinajstić information content (AvgIpc) is 2.20. The quantitative estimate of drug-likeness (QED) is 0.581. The molecule has 0 fully saturated rings. The van der Waals surface area contributed by atoms with E-state index in [-0.39, 0.29) is 5.84 Å². The number of nitrogens with two attached hydrogens (primary N) is 1. The summed E-state index contributed by atoms with van der Waals surface area (Å²) >= 11 is 0. The van der Waals surface area contributed by atoms with Gasteiger partial charge in [-0.3, -0.25) is 10.3 Å². The van der Waals surface area contributed by atoms with Gasteiger partial charge in [-0.15, -0.1) is 0 Å². The number of likely N-dealkylation sites (N-methyl/N-ethyl adjacent to an activating group) is 1. The van der Waals surface area contributed by atoms with E-state index < -0.39 is 5.54 Å². The Labute approximate surface area is 91.4 Å². The number of benzene rings is 1. The van der Waals surface area contributed by atoms with Crippen LogP contribution in [0.2, 0.25) is 0 Å². The summed E-state index contributed by atoms with van der Waals surface area (Å²) in [4.78, 5) is 2.00. The Kier molecular flexibility index (Phi) is 3.48. The number of rotatable bonds is 4. The average molecular weight is 205 g/mol. The summed E-state index contributed by atoms with van der Waals surface area (Å²) < 4.78 is 0. The van der Waals surface area contributed by atoms with Gasteiger partial charge < -0.3 is 5.73 Å². The summed E-state index contributed by atoms with van der Waals surface area (Å²) in [6, 6.07) is 9.97. The zero-order valence-corrected chi connectivity index (χ0v) is 9.62. The summed E-state index contributed by atoms with van der Waals surface area (Å²) in [5.41, 5.74) is 6.36. The summed E-state index contributed by atoms with van der Waals surface area (Å²) in [7, 11) is 3.91. The van der Waals surface area contributed by atoms with Crippen molar-refractivity contribution in [3.63, 3.8) is 0 Å². The molecule has 1 atom stereocenters. The molecule has 0 amide bonds.